The van der Waals surface area contributed by atoms with Crippen LogP contribution in [0.15, 0.2) is 18.2 Å². The van der Waals surface area contributed by atoms with Crippen molar-refractivity contribution in [1.82, 2.24) is 4.90 Å². The first kappa shape index (κ1) is 15.6. The lowest BCUT2D eigenvalue weighted by atomic mass is 10.1. The number of hydrogen-bond donors (Lipinski definition) is 1. The largest absolute Gasteiger partial charge is 0.495 e. The van der Waals surface area contributed by atoms with Crippen molar-refractivity contribution in [3.63, 3.8) is 0 Å². The van der Waals surface area contributed by atoms with E-state index in [-0.39, 0.29) is 0 Å². The summed E-state index contributed by atoms with van der Waals surface area (Å²) in [6.07, 6.45) is 1.15. The minimum absolute atomic E-state index is 0.361. The maximum atomic E-state index is 5.42. The van der Waals surface area contributed by atoms with Crippen LogP contribution in [0.5, 0.6) is 5.75 Å². The molecule has 2 N–H and O–H groups in total. The fourth-order valence-electron chi connectivity index (χ4n) is 1.85. The summed E-state index contributed by atoms with van der Waals surface area (Å²) in [4.78, 5) is 2.34. The van der Waals surface area contributed by atoms with Gasteiger partial charge in [-0.1, -0.05) is 24.8 Å². The van der Waals surface area contributed by atoms with Gasteiger partial charge in [0.1, 0.15) is 5.75 Å². The zero-order valence-corrected chi connectivity index (χ0v) is 12.4. The van der Waals surface area contributed by atoms with Gasteiger partial charge in [-0.15, -0.1) is 0 Å². The number of nitrogens with zero attached hydrogens (tertiary/aromatic N) is 1. The van der Waals surface area contributed by atoms with Gasteiger partial charge in [-0.3, -0.25) is 4.90 Å². The van der Waals surface area contributed by atoms with Crippen LogP contribution < -0.4 is 10.5 Å². The fraction of sp³-hybridized carbons (Fsp3) is 0.500. The minimum Gasteiger partial charge on any atom is -0.495 e. The third-order valence-corrected chi connectivity index (χ3v) is 3.36. The Morgan fingerprint density at radius 1 is 1.42 bits per heavy atom. The topological polar surface area (TPSA) is 38.5 Å². The first-order valence-corrected chi connectivity index (χ1v) is 6.68. The lowest BCUT2D eigenvalue weighted by Crippen LogP contribution is -2.27. The predicted molar refractivity (Wildman–Crippen MR) is 80.1 cm³/mol. The lowest BCUT2D eigenvalue weighted by molar-refractivity contribution is 0.244. The molecule has 1 unspecified atom stereocenters. The van der Waals surface area contributed by atoms with Crippen LogP contribution in [-0.2, 0) is 6.54 Å². The highest BCUT2D eigenvalue weighted by Crippen LogP contribution is 2.20. The van der Waals surface area contributed by atoms with E-state index in [1.54, 1.807) is 7.11 Å². The Bertz CT molecular complexity index is 460. The van der Waals surface area contributed by atoms with Crippen molar-refractivity contribution in [3.05, 3.63) is 29.3 Å². The van der Waals surface area contributed by atoms with Crippen molar-refractivity contribution in [2.45, 2.75) is 32.9 Å². The van der Waals surface area contributed by atoms with Gasteiger partial charge in [-0.25, -0.2) is 0 Å². The second kappa shape index (κ2) is 7.83. The van der Waals surface area contributed by atoms with Gasteiger partial charge >= 0.3 is 0 Å². The molecular weight excluding hydrogens is 236 g/mol. The quantitative estimate of drug-likeness (QED) is 0.825. The van der Waals surface area contributed by atoms with Crippen molar-refractivity contribution < 1.29 is 4.74 Å². The molecule has 0 aliphatic carbocycles. The number of methoxy groups -OCH3 is 1. The van der Waals surface area contributed by atoms with Crippen LogP contribution in [0.2, 0.25) is 0 Å². The van der Waals surface area contributed by atoms with E-state index in [1.165, 1.54) is 5.56 Å². The maximum Gasteiger partial charge on any atom is 0.134 e. The summed E-state index contributed by atoms with van der Waals surface area (Å²) >= 11 is 0. The summed E-state index contributed by atoms with van der Waals surface area (Å²) in [6.45, 7) is 5.71. The average molecular weight is 260 g/mol. The van der Waals surface area contributed by atoms with Gasteiger partial charge in [-0.05, 0) is 38.1 Å². The molecule has 0 amide bonds. The van der Waals surface area contributed by atoms with E-state index < -0.39 is 0 Å². The first-order chi connectivity index (χ1) is 9.12. The van der Waals surface area contributed by atoms with Gasteiger partial charge in [-0.2, -0.15) is 0 Å². The SMILES string of the molecule is CCC(C)N(C)Cc1ccc(OC)c(C#CCN)c1. The summed E-state index contributed by atoms with van der Waals surface area (Å²) in [5.74, 6) is 6.74. The molecule has 1 aromatic rings. The number of rotatable bonds is 5. The van der Waals surface area contributed by atoms with E-state index in [1.807, 2.05) is 6.07 Å². The number of ether oxygens (including phenoxy) is 1. The van der Waals surface area contributed by atoms with Gasteiger partial charge in [0, 0.05) is 12.6 Å². The lowest BCUT2D eigenvalue weighted by Gasteiger charge is -2.23. The molecule has 1 aromatic carbocycles. The zero-order chi connectivity index (χ0) is 14.3. The van der Waals surface area contributed by atoms with Crippen molar-refractivity contribution in [2.24, 2.45) is 5.73 Å². The third kappa shape index (κ3) is 4.59. The van der Waals surface area contributed by atoms with Crippen LogP contribution in [0.25, 0.3) is 0 Å². The molecule has 0 saturated heterocycles. The smallest absolute Gasteiger partial charge is 0.134 e. The molecule has 0 spiro atoms. The Hall–Kier alpha value is -1.50. The molecule has 1 atom stereocenters. The standard InChI is InChI=1S/C16H24N2O/c1-5-13(2)18(3)12-14-8-9-16(19-4)15(11-14)7-6-10-17/h8-9,11,13H,5,10,12,17H2,1-4H3. The van der Waals surface area contributed by atoms with E-state index in [0.29, 0.717) is 12.6 Å². The Morgan fingerprint density at radius 3 is 2.74 bits per heavy atom. The molecule has 3 nitrogen and oxygen atoms in total. The molecule has 3 heteroatoms. The average Bonchev–Trinajstić information content (AvgIpc) is 2.44. The number of hydrogen-bond acceptors (Lipinski definition) is 3. The van der Waals surface area contributed by atoms with Crippen molar-refractivity contribution in [1.29, 1.82) is 0 Å². The molecule has 0 aromatic heterocycles. The Kier molecular flexibility index (Phi) is 6.41. The van der Waals surface area contributed by atoms with Gasteiger partial charge < -0.3 is 10.5 Å². The van der Waals surface area contributed by atoms with Crippen molar-refractivity contribution in [3.8, 4) is 17.6 Å². The molecule has 0 heterocycles. The molecule has 0 aliphatic heterocycles. The Balaban J connectivity index is 2.92. The molecule has 19 heavy (non-hydrogen) atoms. The van der Waals surface area contributed by atoms with Crippen molar-refractivity contribution in [2.75, 3.05) is 20.7 Å². The molecule has 0 saturated carbocycles. The zero-order valence-electron chi connectivity index (χ0n) is 12.4. The van der Waals surface area contributed by atoms with Crippen LogP contribution in [0.4, 0.5) is 0 Å². The second-order valence-electron chi connectivity index (χ2n) is 4.71. The third-order valence-electron chi connectivity index (χ3n) is 3.36. The summed E-state index contributed by atoms with van der Waals surface area (Å²) in [7, 11) is 3.80. The number of nitrogens with two attached hydrogens (primary N) is 1. The van der Waals surface area contributed by atoms with Gasteiger partial charge in [0.2, 0.25) is 0 Å². The van der Waals surface area contributed by atoms with Crippen LogP contribution in [-0.4, -0.2) is 31.6 Å². The molecule has 0 radical (unpaired) electrons. The van der Waals surface area contributed by atoms with Gasteiger partial charge in [0.25, 0.3) is 0 Å². The van der Waals surface area contributed by atoms with E-state index in [0.717, 1.165) is 24.3 Å². The summed E-state index contributed by atoms with van der Waals surface area (Å²) in [5.41, 5.74) is 7.57. The molecule has 1 rings (SSSR count). The highest BCUT2D eigenvalue weighted by atomic mass is 16.5. The maximum absolute atomic E-state index is 5.42. The van der Waals surface area contributed by atoms with Crippen LogP contribution in [0.3, 0.4) is 0 Å². The van der Waals surface area contributed by atoms with E-state index in [4.69, 9.17) is 10.5 Å². The monoisotopic (exact) mass is 260 g/mol. The molecule has 0 aliphatic rings. The molecule has 104 valence electrons. The predicted octanol–water partition coefficient (Wildman–Crippen LogP) is 2.24. The van der Waals surface area contributed by atoms with Gasteiger partial charge in [0.05, 0.1) is 19.2 Å². The van der Waals surface area contributed by atoms with Crippen LogP contribution in [0, 0.1) is 11.8 Å². The second-order valence-corrected chi connectivity index (χ2v) is 4.71. The molecule has 0 bridgehead atoms. The van der Waals surface area contributed by atoms with Crippen LogP contribution >= 0.6 is 0 Å². The van der Waals surface area contributed by atoms with E-state index >= 15 is 0 Å². The first-order valence-electron chi connectivity index (χ1n) is 6.68. The minimum atomic E-state index is 0.361. The van der Waals surface area contributed by atoms with Crippen LogP contribution in [0.1, 0.15) is 31.4 Å². The summed E-state index contributed by atoms with van der Waals surface area (Å²) in [5, 5.41) is 0. The van der Waals surface area contributed by atoms with E-state index in [9.17, 15) is 0 Å². The fourth-order valence-corrected chi connectivity index (χ4v) is 1.85. The normalized spacial score (nSPS) is 11.9. The highest BCUT2D eigenvalue weighted by molar-refractivity contribution is 5.48. The molecular formula is C16H24N2O. The molecule has 0 fully saturated rings. The Morgan fingerprint density at radius 2 is 2.16 bits per heavy atom. The Labute approximate surface area is 116 Å². The summed E-state index contributed by atoms with van der Waals surface area (Å²) in [6, 6.07) is 6.71. The number of benzene rings is 1. The van der Waals surface area contributed by atoms with Gasteiger partial charge in [0.15, 0.2) is 0 Å². The van der Waals surface area contributed by atoms with Crippen molar-refractivity contribution >= 4 is 0 Å². The summed E-state index contributed by atoms with van der Waals surface area (Å²) < 4.78 is 5.31. The highest BCUT2D eigenvalue weighted by Gasteiger charge is 2.09. The van der Waals surface area contributed by atoms with E-state index in [2.05, 4.69) is 49.8 Å².